The average molecular weight is 381 g/mol. The first-order valence-electron chi connectivity index (χ1n) is 8.14. The van der Waals surface area contributed by atoms with Crippen molar-refractivity contribution in [2.24, 2.45) is 5.92 Å². The number of carbonyl (C=O) groups excluding carboxylic acids is 2. The topological polar surface area (TPSA) is 84.0 Å². The van der Waals surface area contributed by atoms with E-state index in [0.29, 0.717) is 19.6 Å². The van der Waals surface area contributed by atoms with Gasteiger partial charge < -0.3 is 14.5 Å². The van der Waals surface area contributed by atoms with Crippen LogP contribution in [0.1, 0.15) is 40.0 Å². The highest BCUT2D eigenvalue weighted by molar-refractivity contribution is 8.13. The number of nitrogens with zero attached hydrogens (tertiary/aromatic N) is 2. The molecule has 0 saturated carbocycles. The lowest BCUT2D eigenvalue weighted by atomic mass is 10.1. The molecule has 2 unspecified atom stereocenters. The van der Waals surface area contributed by atoms with Gasteiger partial charge in [0.2, 0.25) is 15.0 Å². The summed E-state index contributed by atoms with van der Waals surface area (Å²) in [4.78, 5) is 27.7. The van der Waals surface area contributed by atoms with Crippen LogP contribution in [-0.4, -0.2) is 67.2 Å². The Morgan fingerprint density at radius 2 is 2.04 bits per heavy atom. The quantitative estimate of drug-likeness (QED) is 0.694. The van der Waals surface area contributed by atoms with Crippen LogP contribution >= 0.6 is 10.7 Å². The van der Waals surface area contributed by atoms with E-state index in [1.807, 2.05) is 20.8 Å². The lowest BCUT2D eigenvalue weighted by molar-refractivity contribution is -0.128. The summed E-state index contributed by atoms with van der Waals surface area (Å²) in [5, 5.41) is 0. The summed E-state index contributed by atoms with van der Waals surface area (Å²) >= 11 is 0. The van der Waals surface area contributed by atoms with E-state index in [0.717, 1.165) is 12.8 Å². The zero-order valence-corrected chi connectivity index (χ0v) is 15.9. The van der Waals surface area contributed by atoms with Crippen molar-refractivity contribution in [1.29, 1.82) is 0 Å². The molecule has 2 heterocycles. The fourth-order valence-corrected chi connectivity index (χ4v) is 4.59. The number of likely N-dealkylation sites (tertiary alicyclic amines) is 2. The Balaban J connectivity index is 1.94. The lowest BCUT2D eigenvalue weighted by Gasteiger charge is -2.31. The first-order chi connectivity index (χ1) is 10.9. The van der Waals surface area contributed by atoms with Crippen molar-refractivity contribution in [3.05, 3.63) is 0 Å². The molecule has 7 nitrogen and oxygen atoms in total. The first-order valence-corrected chi connectivity index (χ1v) is 10.6. The summed E-state index contributed by atoms with van der Waals surface area (Å²) in [7, 11) is 1.66. The highest BCUT2D eigenvalue weighted by atomic mass is 35.7. The lowest BCUT2D eigenvalue weighted by Crippen LogP contribution is -2.45. The Labute approximate surface area is 147 Å². The highest BCUT2D eigenvalue weighted by Crippen LogP contribution is 2.26. The van der Waals surface area contributed by atoms with E-state index < -0.39 is 14.7 Å². The van der Waals surface area contributed by atoms with E-state index in [4.69, 9.17) is 15.4 Å². The summed E-state index contributed by atoms with van der Waals surface area (Å²) in [5.74, 6) is -0.565. The molecule has 2 aliphatic rings. The molecule has 0 aliphatic carbocycles. The van der Waals surface area contributed by atoms with E-state index in [-0.39, 0.29) is 36.1 Å². The minimum absolute atomic E-state index is 0.0867. The van der Waals surface area contributed by atoms with Crippen molar-refractivity contribution in [2.75, 3.05) is 25.4 Å². The zero-order chi connectivity index (χ0) is 18.1. The van der Waals surface area contributed by atoms with Gasteiger partial charge in [0.25, 0.3) is 0 Å². The zero-order valence-electron chi connectivity index (χ0n) is 14.3. The third kappa shape index (κ3) is 5.51. The van der Waals surface area contributed by atoms with Crippen molar-refractivity contribution >= 4 is 31.7 Å². The van der Waals surface area contributed by atoms with Crippen LogP contribution in [0.4, 0.5) is 4.79 Å². The molecule has 0 aromatic carbocycles. The van der Waals surface area contributed by atoms with Crippen molar-refractivity contribution < 1.29 is 22.7 Å². The van der Waals surface area contributed by atoms with Gasteiger partial charge in [-0.3, -0.25) is 4.79 Å². The maximum absolute atomic E-state index is 12.3. The fourth-order valence-electron chi connectivity index (χ4n) is 3.26. The van der Waals surface area contributed by atoms with Gasteiger partial charge in [-0.15, -0.1) is 0 Å². The van der Waals surface area contributed by atoms with Crippen molar-refractivity contribution in [3.63, 3.8) is 0 Å². The van der Waals surface area contributed by atoms with Gasteiger partial charge in [0.1, 0.15) is 5.60 Å². The normalized spacial score (nSPS) is 25.4. The monoisotopic (exact) mass is 380 g/mol. The summed E-state index contributed by atoms with van der Waals surface area (Å²) < 4.78 is 27.8. The van der Waals surface area contributed by atoms with Crippen LogP contribution in [0.3, 0.4) is 0 Å². The van der Waals surface area contributed by atoms with Gasteiger partial charge in [-0.2, -0.15) is 0 Å². The van der Waals surface area contributed by atoms with Crippen molar-refractivity contribution in [1.82, 2.24) is 9.80 Å². The molecule has 2 amide bonds. The van der Waals surface area contributed by atoms with E-state index in [9.17, 15) is 18.0 Å². The highest BCUT2D eigenvalue weighted by Gasteiger charge is 2.38. The maximum Gasteiger partial charge on any atom is 0.410 e. The smallest absolute Gasteiger partial charge is 0.410 e. The molecule has 0 aromatic rings. The molecule has 2 saturated heterocycles. The Kier molecular flexibility index (Phi) is 5.69. The number of rotatable bonds is 4. The van der Waals surface area contributed by atoms with Crippen molar-refractivity contribution in [3.8, 4) is 0 Å². The van der Waals surface area contributed by atoms with Crippen LogP contribution in [0.15, 0.2) is 0 Å². The summed E-state index contributed by atoms with van der Waals surface area (Å²) in [6.45, 7) is 6.84. The van der Waals surface area contributed by atoms with Gasteiger partial charge in [-0.25, -0.2) is 13.2 Å². The molecule has 0 spiro atoms. The second-order valence-corrected chi connectivity index (χ2v) is 10.4. The fraction of sp³-hybridized carbons (Fsp3) is 0.867. The minimum atomic E-state index is -3.62. The van der Waals surface area contributed by atoms with Gasteiger partial charge in [-0.1, -0.05) is 0 Å². The second-order valence-electron chi connectivity index (χ2n) is 7.54. The Morgan fingerprint density at radius 1 is 1.38 bits per heavy atom. The van der Waals surface area contributed by atoms with Gasteiger partial charge in [0.05, 0.1) is 11.8 Å². The molecule has 2 fully saturated rings. The van der Waals surface area contributed by atoms with Gasteiger partial charge >= 0.3 is 6.09 Å². The Morgan fingerprint density at radius 3 is 2.62 bits per heavy atom. The summed E-state index contributed by atoms with van der Waals surface area (Å²) in [6, 6.07) is -0.0878. The summed E-state index contributed by atoms with van der Waals surface area (Å²) in [5.41, 5.74) is -0.562. The third-order valence-electron chi connectivity index (χ3n) is 4.17. The van der Waals surface area contributed by atoms with Crippen LogP contribution in [0, 0.1) is 5.92 Å². The van der Waals surface area contributed by atoms with E-state index in [1.165, 1.54) is 0 Å². The van der Waals surface area contributed by atoms with E-state index in [2.05, 4.69) is 0 Å². The van der Waals surface area contributed by atoms with Crippen LogP contribution in [0.2, 0.25) is 0 Å². The van der Waals surface area contributed by atoms with Gasteiger partial charge in [-0.05, 0) is 33.6 Å². The van der Waals surface area contributed by atoms with Crippen molar-refractivity contribution in [2.45, 2.75) is 51.7 Å². The Hall–Kier alpha value is -1.02. The average Bonchev–Trinajstić information content (AvgIpc) is 2.93. The SMILES string of the molecule is CC(C)(C)OC(=O)N1CCCC1CN1CC(CS(=O)(=O)Cl)CC1=O. The number of hydrogen-bond donors (Lipinski definition) is 0. The number of carbonyl (C=O) groups is 2. The predicted octanol–water partition coefficient (Wildman–Crippen LogP) is 1.80. The van der Waals surface area contributed by atoms with Crippen LogP contribution < -0.4 is 0 Å². The van der Waals surface area contributed by atoms with E-state index in [1.54, 1.807) is 9.80 Å². The first kappa shape index (κ1) is 19.3. The Bertz CT molecular complexity index is 601. The van der Waals surface area contributed by atoms with Crippen LogP contribution in [-0.2, 0) is 18.6 Å². The molecule has 2 aliphatic heterocycles. The molecule has 9 heteroatoms. The van der Waals surface area contributed by atoms with Crippen LogP contribution in [0.5, 0.6) is 0 Å². The molecule has 2 atom stereocenters. The van der Waals surface area contributed by atoms with Gasteiger partial charge in [0.15, 0.2) is 0 Å². The van der Waals surface area contributed by atoms with Gasteiger partial charge in [0, 0.05) is 42.7 Å². The molecule has 24 heavy (non-hydrogen) atoms. The second kappa shape index (κ2) is 7.07. The molecule has 0 N–H and O–H groups in total. The number of halogens is 1. The molecule has 0 aromatic heterocycles. The van der Waals surface area contributed by atoms with Crippen LogP contribution in [0.25, 0.3) is 0 Å². The largest absolute Gasteiger partial charge is 0.444 e. The number of hydrogen-bond acceptors (Lipinski definition) is 5. The van der Waals surface area contributed by atoms with E-state index >= 15 is 0 Å². The third-order valence-corrected chi connectivity index (χ3v) is 5.41. The predicted molar refractivity (Wildman–Crippen MR) is 90.3 cm³/mol. The molecular weight excluding hydrogens is 356 g/mol. The molecule has 138 valence electrons. The molecule has 0 radical (unpaired) electrons. The standard InChI is InChI=1S/C15H25ClN2O5S/c1-15(2,3)23-14(20)18-6-4-5-12(18)9-17-8-11(7-13(17)19)10-24(16,21)22/h11-12H,4-10H2,1-3H3. The molecule has 0 bridgehead atoms. The maximum atomic E-state index is 12.3. The summed E-state index contributed by atoms with van der Waals surface area (Å²) in [6.07, 6.45) is 1.49. The number of ether oxygens (including phenoxy) is 1. The minimum Gasteiger partial charge on any atom is -0.444 e. The molecular formula is C15H25ClN2O5S. The molecule has 2 rings (SSSR count). The number of amides is 2.